The summed E-state index contributed by atoms with van der Waals surface area (Å²) in [5.74, 6) is -1.60. The molecule has 0 heterocycles. The Morgan fingerprint density at radius 2 is 1.48 bits per heavy atom. The number of rotatable bonds is 15. The van der Waals surface area contributed by atoms with Crippen molar-refractivity contribution in [1.29, 1.82) is 0 Å². The quantitative estimate of drug-likeness (QED) is 0.0868. The number of carboxylic acid groups (broad SMARTS) is 1. The van der Waals surface area contributed by atoms with E-state index in [0.717, 1.165) is 0 Å². The van der Waals surface area contributed by atoms with Crippen LogP contribution in [-0.2, 0) is 19.0 Å². The third kappa shape index (κ3) is 9.33. The Labute approximate surface area is 229 Å². The maximum Gasteiger partial charge on any atom is 0.513 e. The minimum Gasteiger partial charge on any atom is -0.491 e. The highest BCUT2D eigenvalue weighted by Gasteiger charge is 2.16. The molecule has 212 valence electrons. The summed E-state index contributed by atoms with van der Waals surface area (Å²) in [5, 5.41) is 19.7. The normalized spacial score (nSPS) is 11.4. The first-order valence-electron chi connectivity index (χ1n) is 12.2. The van der Waals surface area contributed by atoms with Crippen molar-refractivity contribution in [1.82, 2.24) is 0 Å². The van der Waals surface area contributed by atoms with Gasteiger partial charge in [0, 0.05) is 17.7 Å². The number of carbonyl (C=O) groups is 2. The highest BCUT2D eigenvalue weighted by Crippen LogP contribution is 2.28. The Hall–Kier alpha value is -4.55. The molecule has 1 N–H and O–H groups in total. The van der Waals surface area contributed by atoms with Gasteiger partial charge in [0.15, 0.2) is 0 Å². The fraction of sp³-hybridized carbons (Fsp3) is 0.286. The predicted molar refractivity (Wildman–Crippen MR) is 140 cm³/mol. The fourth-order valence-corrected chi connectivity index (χ4v) is 3.39. The van der Waals surface area contributed by atoms with Gasteiger partial charge < -0.3 is 28.8 Å². The summed E-state index contributed by atoms with van der Waals surface area (Å²) >= 11 is 0. The number of nitro groups is 1. The van der Waals surface area contributed by atoms with E-state index in [2.05, 4.69) is 0 Å². The lowest BCUT2D eigenvalue weighted by molar-refractivity contribution is -0.384. The van der Waals surface area contributed by atoms with Crippen molar-refractivity contribution in [2.24, 2.45) is 0 Å². The molecule has 0 amide bonds. The molecule has 0 saturated heterocycles. The van der Waals surface area contributed by atoms with E-state index in [4.69, 9.17) is 28.8 Å². The van der Waals surface area contributed by atoms with E-state index in [1.54, 1.807) is 36.4 Å². The standard InChI is InChI=1S/C28H28FNO10/c1-19(27(31)32)21-4-11-25(26(29)18-21)20-2-7-23(8-3-20)38-16-14-36-12-13-37-15-17-39-28(33)40-24-9-5-22(6-10-24)30(34)35/h2-11,18-19H,12-17H2,1H3,(H,31,32)/t19-/m1/s1. The number of aliphatic carboxylic acids is 1. The number of hydrogen-bond acceptors (Lipinski definition) is 9. The molecule has 0 aliphatic rings. The SMILES string of the molecule is C[C@@H](C(=O)O)c1ccc(-c2ccc(OCCOCCOCCOC(=O)Oc3ccc([N+](=O)[O-])cc3)cc2)c(F)c1. The zero-order chi connectivity index (χ0) is 28.9. The van der Waals surface area contributed by atoms with Crippen LogP contribution < -0.4 is 9.47 Å². The molecule has 0 radical (unpaired) electrons. The van der Waals surface area contributed by atoms with Crippen LogP contribution >= 0.6 is 0 Å². The van der Waals surface area contributed by atoms with E-state index in [9.17, 15) is 24.1 Å². The molecule has 0 aromatic heterocycles. The van der Waals surface area contributed by atoms with E-state index in [-0.39, 0.29) is 37.9 Å². The summed E-state index contributed by atoms with van der Waals surface area (Å²) in [6.45, 7) is 2.75. The Kier molecular flexibility index (Phi) is 11.4. The van der Waals surface area contributed by atoms with E-state index >= 15 is 0 Å². The molecule has 3 aromatic carbocycles. The molecule has 0 unspecified atom stereocenters. The van der Waals surface area contributed by atoms with Crippen molar-refractivity contribution >= 4 is 17.8 Å². The number of halogens is 1. The van der Waals surface area contributed by atoms with Crippen molar-refractivity contribution in [3.8, 4) is 22.6 Å². The van der Waals surface area contributed by atoms with Crippen molar-refractivity contribution in [3.63, 3.8) is 0 Å². The van der Waals surface area contributed by atoms with E-state index in [0.29, 0.717) is 35.7 Å². The van der Waals surface area contributed by atoms with Gasteiger partial charge in [-0.15, -0.1) is 0 Å². The number of ether oxygens (including phenoxy) is 5. The fourth-order valence-electron chi connectivity index (χ4n) is 3.39. The van der Waals surface area contributed by atoms with Crippen LogP contribution in [0.5, 0.6) is 11.5 Å². The second-order valence-electron chi connectivity index (χ2n) is 8.35. The van der Waals surface area contributed by atoms with E-state index in [1.165, 1.54) is 37.3 Å². The predicted octanol–water partition coefficient (Wildman–Crippen LogP) is 5.22. The van der Waals surface area contributed by atoms with Crippen LogP contribution in [0.15, 0.2) is 66.7 Å². The van der Waals surface area contributed by atoms with Crippen LogP contribution in [0.1, 0.15) is 18.4 Å². The lowest BCUT2D eigenvalue weighted by Crippen LogP contribution is -2.16. The Morgan fingerprint density at radius 3 is 2.08 bits per heavy atom. The van der Waals surface area contributed by atoms with Gasteiger partial charge in [-0.05, 0) is 48.4 Å². The number of nitro benzene ring substituents is 1. The van der Waals surface area contributed by atoms with Gasteiger partial charge in [0.1, 0.15) is 30.5 Å². The maximum absolute atomic E-state index is 14.5. The Balaban J connectivity index is 1.24. The molecule has 1 atom stereocenters. The average Bonchev–Trinajstić information content (AvgIpc) is 2.94. The summed E-state index contributed by atoms with van der Waals surface area (Å²) in [5.41, 5.74) is 1.28. The van der Waals surface area contributed by atoms with Crippen molar-refractivity contribution in [2.45, 2.75) is 12.8 Å². The van der Waals surface area contributed by atoms with Gasteiger partial charge >= 0.3 is 12.1 Å². The minimum absolute atomic E-state index is 0.0412. The van der Waals surface area contributed by atoms with Gasteiger partial charge in [0.05, 0.1) is 37.3 Å². The molecule has 0 spiro atoms. The highest BCUT2D eigenvalue weighted by molar-refractivity contribution is 5.76. The summed E-state index contributed by atoms with van der Waals surface area (Å²) in [6.07, 6.45) is -0.952. The minimum atomic E-state index is -1.02. The molecular formula is C28H28FNO10. The molecule has 11 nitrogen and oxygen atoms in total. The topological polar surface area (TPSA) is 144 Å². The summed E-state index contributed by atoms with van der Waals surface area (Å²) in [7, 11) is 0. The Bertz CT molecular complexity index is 1280. The van der Waals surface area contributed by atoms with Gasteiger partial charge in [-0.2, -0.15) is 0 Å². The molecular weight excluding hydrogens is 529 g/mol. The summed E-state index contributed by atoms with van der Waals surface area (Å²) in [6, 6.07) is 16.3. The molecule has 0 saturated carbocycles. The zero-order valence-corrected chi connectivity index (χ0v) is 21.6. The van der Waals surface area contributed by atoms with E-state index in [1.807, 2.05) is 0 Å². The van der Waals surface area contributed by atoms with Crippen molar-refractivity contribution in [2.75, 3.05) is 39.6 Å². The number of carbonyl (C=O) groups excluding carboxylic acids is 1. The molecule has 0 aliphatic carbocycles. The van der Waals surface area contributed by atoms with Gasteiger partial charge in [-0.25, -0.2) is 9.18 Å². The highest BCUT2D eigenvalue weighted by atomic mass is 19.1. The molecule has 0 fully saturated rings. The van der Waals surface area contributed by atoms with Gasteiger partial charge in [-0.1, -0.05) is 24.3 Å². The maximum atomic E-state index is 14.5. The number of non-ortho nitro benzene ring substituents is 1. The van der Waals surface area contributed by atoms with Crippen molar-refractivity contribution < 1.29 is 47.7 Å². The van der Waals surface area contributed by atoms with Gasteiger partial charge in [0.2, 0.25) is 0 Å². The largest absolute Gasteiger partial charge is 0.513 e. The Morgan fingerprint density at radius 1 is 0.875 bits per heavy atom. The first-order chi connectivity index (χ1) is 19.2. The first kappa shape index (κ1) is 30.0. The van der Waals surface area contributed by atoms with Crippen LogP contribution in [0, 0.1) is 15.9 Å². The molecule has 3 aromatic rings. The zero-order valence-electron chi connectivity index (χ0n) is 21.6. The molecule has 0 bridgehead atoms. The number of carboxylic acids is 1. The van der Waals surface area contributed by atoms with Crippen LogP contribution in [0.25, 0.3) is 11.1 Å². The number of benzene rings is 3. The molecule has 40 heavy (non-hydrogen) atoms. The third-order valence-electron chi connectivity index (χ3n) is 5.59. The third-order valence-corrected chi connectivity index (χ3v) is 5.59. The van der Waals surface area contributed by atoms with Crippen LogP contribution in [-0.4, -0.2) is 61.8 Å². The lowest BCUT2D eigenvalue weighted by atomic mass is 9.97. The smallest absolute Gasteiger partial charge is 0.491 e. The molecule has 3 rings (SSSR count). The van der Waals surface area contributed by atoms with Gasteiger partial charge in [-0.3, -0.25) is 14.9 Å². The lowest BCUT2D eigenvalue weighted by Gasteiger charge is -2.11. The summed E-state index contributed by atoms with van der Waals surface area (Å²) in [4.78, 5) is 32.8. The van der Waals surface area contributed by atoms with Crippen LogP contribution in [0.4, 0.5) is 14.9 Å². The average molecular weight is 558 g/mol. The first-order valence-corrected chi connectivity index (χ1v) is 12.2. The monoisotopic (exact) mass is 557 g/mol. The molecule has 12 heteroatoms. The van der Waals surface area contributed by atoms with Crippen molar-refractivity contribution in [3.05, 3.63) is 88.2 Å². The second-order valence-corrected chi connectivity index (χ2v) is 8.35. The summed E-state index contributed by atoms with van der Waals surface area (Å²) < 4.78 is 40.6. The van der Waals surface area contributed by atoms with Crippen LogP contribution in [0.2, 0.25) is 0 Å². The molecule has 0 aliphatic heterocycles. The van der Waals surface area contributed by atoms with Gasteiger partial charge in [0.25, 0.3) is 5.69 Å². The van der Waals surface area contributed by atoms with Crippen LogP contribution in [0.3, 0.4) is 0 Å². The number of hydrogen-bond donors (Lipinski definition) is 1. The number of nitrogens with zero attached hydrogens (tertiary/aromatic N) is 1. The second kappa shape index (κ2) is 15.1. The van der Waals surface area contributed by atoms with E-state index < -0.39 is 28.8 Å².